The van der Waals surface area contributed by atoms with Gasteiger partial charge in [-0.05, 0) is 36.0 Å². The zero-order valence-corrected chi connectivity index (χ0v) is 18.1. The van der Waals surface area contributed by atoms with E-state index in [1.165, 1.54) is 57.6 Å². The van der Waals surface area contributed by atoms with Gasteiger partial charge in [0.25, 0.3) is 0 Å². The van der Waals surface area contributed by atoms with Gasteiger partial charge in [-0.15, -0.1) is 0 Å². The minimum Gasteiger partial charge on any atom is -0.496 e. The van der Waals surface area contributed by atoms with Gasteiger partial charge in [-0.1, -0.05) is 62.4 Å². The third-order valence-corrected chi connectivity index (χ3v) is 5.86. The van der Waals surface area contributed by atoms with Crippen molar-refractivity contribution in [3.05, 3.63) is 59.2 Å². The van der Waals surface area contributed by atoms with Crippen molar-refractivity contribution in [2.75, 3.05) is 13.7 Å². The van der Waals surface area contributed by atoms with Gasteiger partial charge in [0.2, 0.25) is 0 Å². The van der Waals surface area contributed by atoms with Crippen molar-refractivity contribution in [1.82, 2.24) is 5.32 Å². The number of halogens is 3. The van der Waals surface area contributed by atoms with Gasteiger partial charge in [0.15, 0.2) is 0 Å². The normalized spacial score (nSPS) is 15.9. The molecule has 1 aliphatic rings. The first kappa shape index (κ1) is 23.5. The van der Waals surface area contributed by atoms with Gasteiger partial charge >= 0.3 is 6.18 Å². The number of benzene rings is 2. The van der Waals surface area contributed by atoms with E-state index in [0.29, 0.717) is 29.6 Å². The molecule has 1 saturated carbocycles. The van der Waals surface area contributed by atoms with E-state index in [0.717, 1.165) is 5.56 Å². The molecular weight excluding hydrogens is 403 g/mol. The summed E-state index contributed by atoms with van der Waals surface area (Å²) in [7, 11) is 1.50. The first-order chi connectivity index (χ1) is 14.9. The lowest BCUT2D eigenvalue weighted by atomic mass is 9.86. The first-order valence-electron chi connectivity index (χ1n) is 11.1. The largest absolute Gasteiger partial charge is 0.496 e. The average Bonchev–Trinajstić information content (AvgIpc) is 2.72. The van der Waals surface area contributed by atoms with Gasteiger partial charge in [-0.25, -0.2) is 0 Å². The van der Waals surface area contributed by atoms with Crippen LogP contribution >= 0.6 is 0 Å². The summed E-state index contributed by atoms with van der Waals surface area (Å²) in [4.78, 5) is 0. The molecule has 0 amide bonds. The standard InChI is InChI=1S/C25H32F3NO2/c1-30-24-15-23(14-13-22(24)16-29-18-25(26,27)28)31-17-19-9-11-21(12-10-19)20-7-5-3-2-4-6-8-20/h9-15,20,29H,2-8,16-18H2,1H3. The van der Waals surface area contributed by atoms with E-state index in [-0.39, 0.29) is 6.54 Å². The van der Waals surface area contributed by atoms with Crippen molar-refractivity contribution in [2.24, 2.45) is 0 Å². The number of ether oxygens (including phenoxy) is 2. The third kappa shape index (κ3) is 7.76. The maximum Gasteiger partial charge on any atom is 0.401 e. The second kappa shape index (κ2) is 11.4. The first-order valence-corrected chi connectivity index (χ1v) is 11.1. The molecule has 0 aromatic heterocycles. The average molecular weight is 436 g/mol. The molecule has 3 rings (SSSR count). The zero-order valence-electron chi connectivity index (χ0n) is 18.1. The second-order valence-corrected chi connectivity index (χ2v) is 8.26. The van der Waals surface area contributed by atoms with E-state index in [9.17, 15) is 13.2 Å². The molecule has 2 aromatic rings. The molecule has 1 N–H and O–H groups in total. The summed E-state index contributed by atoms with van der Waals surface area (Å²) in [6.07, 6.45) is 5.03. The predicted octanol–water partition coefficient (Wildman–Crippen LogP) is 6.75. The molecular formula is C25H32F3NO2. The Balaban J connectivity index is 1.54. The van der Waals surface area contributed by atoms with Gasteiger partial charge in [-0.3, -0.25) is 0 Å². The Morgan fingerprint density at radius 3 is 2.26 bits per heavy atom. The highest BCUT2D eigenvalue weighted by Gasteiger charge is 2.26. The topological polar surface area (TPSA) is 30.5 Å². The molecule has 3 nitrogen and oxygen atoms in total. The van der Waals surface area contributed by atoms with Crippen LogP contribution in [0.2, 0.25) is 0 Å². The van der Waals surface area contributed by atoms with Gasteiger partial charge in [-0.2, -0.15) is 13.2 Å². The quantitative estimate of drug-likeness (QED) is 0.497. The molecule has 6 heteroatoms. The highest BCUT2D eigenvalue weighted by Crippen LogP contribution is 2.31. The Morgan fingerprint density at radius 2 is 1.61 bits per heavy atom. The lowest BCUT2D eigenvalue weighted by Gasteiger charge is -2.20. The van der Waals surface area contributed by atoms with Crippen molar-refractivity contribution < 1.29 is 22.6 Å². The number of alkyl halides is 3. The Kier molecular flexibility index (Phi) is 8.64. The molecule has 0 spiro atoms. The molecule has 0 unspecified atom stereocenters. The van der Waals surface area contributed by atoms with Crippen LogP contribution in [0.5, 0.6) is 11.5 Å². The van der Waals surface area contributed by atoms with E-state index in [2.05, 4.69) is 29.6 Å². The van der Waals surface area contributed by atoms with Crippen LogP contribution in [0.25, 0.3) is 0 Å². The highest BCUT2D eigenvalue weighted by atomic mass is 19.4. The predicted molar refractivity (Wildman–Crippen MR) is 117 cm³/mol. The highest BCUT2D eigenvalue weighted by molar-refractivity contribution is 5.41. The summed E-state index contributed by atoms with van der Waals surface area (Å²) in [5.41, 5.74) is 3.16. The summed E-state index contributed by atoms with van der Waals surface area (Å²) in [6.45, 7) is -0.531. The van der Waals surface area contributed by atoms with Gasteiger partial charge in [0.05, 0.1) is 13.7 Å². The van der Waals surface area contributed by atoms with Crippen molar-refractivity contribution in [3.63, 3.8) is 0 Å². The summed E-state index contributed by atoms with van der Waals surface area (Å²) in [6, 6.07) is 13.9. The van der Waals surface area contributed by atoms with Gasteiger partial charge in [0.1, 0.15) is 18.1 Å². The molecule has 31 heavy (non-hydrogen) atoms. The number of hydrogen-bond donors (Lipinski definition) is 1. The SMILES string of the molecule is COc1cc(OCc2ccc(C3CCCCCCC3)cc2)ccc1CNCC(F)(F)F. The lowest BCUT2D eigenvalue weighted by Crippen LogP contribution is -2.28. The number of methoxy groups -OCH3 is 1. The van der Waals surface area contributed by atoms with E-state index in [4.69, 9.17) is 9.47 Å². The number of hydrogen-bond acceptors (Lipinski definition) is 3. The van der Waals surface area contributed by atoms with Crippen LogP contribution in [-0.4, -0.2) is 19.8 Å². The fourth-order valence-electron chi connectivity index (χ4n) is 4.14. The summed E-state index contributed by atoms with van der Waals surface area (Å²) < 4.78 is 48.2. The monoisotopic (exact) mass is 435 g/mol. The van der Waals surface area contributed by atoms with E-state index in [1.54, 1.807) is 18.2 Å². The molecule has 0 bridgehead atoms. The maximum absolute atomic E-state index is 12.3. The van der Waals surface area contributed by atoms with Crippen LogP contribution in [0.1, 0.15) is 67.6 Å². The van der Waals surface area contributed by atoms with Crippen molar-refractivity contribution in [1.29, 1.82) is 0 Å². The molecule has 0 heterocycles. The molecule has 2 aromatic carbocycles. The Morgan fingerprint density at radius 1 is 0.935 bits per heavy atom. The molecule has 170 valence electrons. The van der Waals surface area contributed by atoms with Crippen LogP contribution in [0, 0.1) is 0 Å². The summed E-state index contributed by atoms with van der Waals surface area (Å²) in [5.74, 6) is 1.80. The Hall–Kier alpha value is -2.21. The van der Waals surface area contributed by atoms with Crippen LogP contribution in [0.3, 0.4) is 0 Å². The van der Waals surface area contributed by atoms with E-state index >= 15 is 0 Å². The smallest absolute Gasteiger partial charge is 0.401 e. The second-order valence-electron chi connectivity index (χ2n) is 8.26. The summed E-state index contributed by atoms with van der Waals surface area (Å²) >= 11 is 0. The summed E-state index contributed by atoms with van der Waals surface area (Å²) in [5, 5.41) is 2.39. The van der Waals surface area contributed by atoms with Gasteiger partial charge in [0, 0.05) is 18.2 Å². The minimum atomic E-state index is -4.23. The lowest BCUT2D eigenvalue weighted by molar-refractivity contribution is -0.125. The maximum atomic E-state index is 12.3. The van der Waals surface area contributed by atoms with Crippen molar-refractivity contribution in [2.45, 2.75) is 70.2 Å². The molecule has 0 atom stereocenters. The Bertz CT molecular complexity index is 797. The molecule has 1 aliphatic carbocycles. The van der Waals surface area contributed by atoms with E-state index in [1.807, 2.05) is 0 Å². The number of nitrogens with one attached hydrogen (secondary N) is 1. The minimum absolute atomic E-state index is 0.0750. The fourth-order valence-corrected chi connectivity index (χ4v) is 4.14. The third-order valence-electron chi connectivity index (χ3n) is 5.86. The van der Waals surface area contributed by atoms with Crippen molar-refractivity contribution in [3.8, 4) is 11.5 Å². The molecule has 0 radical (unpaired) electrons. The number of rotatable bonds is 8. The molecule has 0 saturated heterocycles. The van der Waals surface area contributed by atoms with Crippen LogP contribution in [0.4, 0.5) is 13.2 Å². The van der Waals surface area contributed by atoms with Crippen LogP contribution in [0.15, 0.2) is 42.5 Å². The van der Waals surface area contributed by atoms with Crippen LogP contribution in [-0.2, 0) is 13.2 Å². The molecule has 0 aliphatic heterocycles. The fraction of sp³-hybridized carbons (Fsp3) is 0.520. The van der Waals surface area contributed by atoms with Crippen molar-refractivity contribution >= 4 is 0 Å². The Labute approximate surface area is 183 Å². The van der Waals surface area contributed by atoms with Crippen LogP contribution < -0.4 is 14.8 Å². The zero-order chi connectivity index (χ0) is 22.1. The van der Waals surface area contributed by atoms with Gasteiger partial charge < -0.3 is 14.8 Å². The molecule has 1 fully saturated rings. The van der Waals surface area contributed by atoms with E-state index < -0.39 is 12.7 Å².